The summed E-state index contributed by atoms with van der Waals surface area (Å²) < 4.78 is 1.79. The van der Waals surface area contributed by atoms with Crippen LogP contribution in [0.5, 0.6) is 0 Å². The first-order chi connectivity index (χ1) is 10.8. The standard InChI is InChI=1S/C16H16N4OS/c1-12(20-9-8-18-11-20)16(21)19-15(14-3-2-10-22-14)13-4-6-17-7-5-13/h2-12,15H,1H3,(H,19,21). The quantitative estimate of drug-likeness (QED) is 0.788. The van der Waals surface area contributed by atoms with Crippen LogP contribution in [0.4, 0.5) is 0 Å². The van der Waals surface area contributed by atoms with Crippen molar-refractivity contribution in [2.75, 3.05) is 0 Å². The number of amides is 1. The van der Waals surface area contributed by atoms with Gasteiger partial charge in [-0.05, 0) is 36.1 Å². The number of thiophene rings is 1. The van der Waals surface area contributed by atoms with Crippen LogP contribution in [0.3, 0.4) is 0 Å². The summed E-state index contributed by atoms with van der Waals surface area (Å²) in [6, 6.07) is 7.38. The smallest absolute Gasteiger partial charge is 0.243 e. The van der Waals surface area contributed by atoms with Crippen molar-refractivity contribution < 1.29 is 4.79 Å². The van der Waals surface area contributed by atoms with Gasteiger partial charge in [-0.1, -0.05) is 6.07 Å². The molecule has 0 saturated heterocycles. The minimum atomic E-state index is -0.313. The number of carbonyl (C=O) groups is 1. The van der Waals surface area contributed by atoms with Crippen LogP contribution in [0, 0.1) is 0 Å². The molecule has 0 saturated carbocycles. The zero-order valence-corrected chi connectivity index (χ0v) is 12.9. The maximum Gasteiger partial charge on any atom is 0.243 e. The van der Waals surface area contributed by atoms with Crippen LogP contribution >= 0.6 is 11.3 Å². The van der Waals surface area contributed by atoms with Gasteiger partial charge in [-0.15, -0.1) is 11.3 Å². The zero-order valence-electron chi connectivity index (χ0n) is 12.1. The van der Waals surface area contributed by atoms with Gasteiger partial charge in [-0.25, -0.2) is 4.98 Å². The number of hydrogen-bond acceptors (Lipinski definition) is 4. The maximum absolute atomic E-state index is 12.5. The third kappa shape index (κ3) is 3.07. The van der Waals surface area contributed by atoms with Crippen molar-refractivity contribution in [2.45, 2.75) is 19.0 Å². The summed E-state index contributed by atoms with van der Waals surface area (Å²) in [6.45, 7) is 1.86. The fourth-order valence-electron chi connectivity index (χ4n) is 2.23. The van der Waals surface area contributed by atoms with Crippen LogP contribution in [0.15, 0.2) is 60.8 Å². The highest BCUT2D eigenvalue weighted by Gasteiger charge is 2.21. The average molecular weight is 312 g/mol. The van der Waals surface area contributed by atoms with Crippen LogP contribution in [0.1, 0.15) is 29.4 Å². The number of nitrogens with one attached hydrogen (secondary N) is 1. The van der Waals surface area contributed by atoms with E-state index in [4.69, 9.17) is 0 Å². The Balaban J connectivity index is 1.83. The van der Waals surface area contributed by atoms with E-state index < -0.39 is 0 Å². The molecule has 22 heavy (non-hydrogen) atoms. The summed E-state index contributed by atoms with van der Waals surface area (Å²) in [5.74, 6) is -0.0480. The lowest BCUT2D eigenvalue weighted by molar-refractivity contribution is -0.124. The van der Waals surface area contributed by atoms with E-state index in [-0.39, 0.29) is 18.0 Å². The Labute approximate surface area is 132 Å². The lowest BCUT2D eigenvalue weighted by Gasteiger charge is -2.21. The summed E-state index contributed by atoms with van der Waals surface area (Å²) in [6.07, 6.45) is 8.58. The lowest BCUT2D eigenvalue weighted by atomic mass is 10.1. The minimum Gasteiger partial charge on any atom is -0.343 e. The molecule has 3 aromatic rings. The first-order valence-corrected chi connectivity index (χ1v) is 7.85. The summed E-state index contributed by atoms with van der Waals surface area (Å²) in [4.78, 5) is 21.7. The van der Waals surface area contributed by atoms with Crippen molar-refractivity contribution in [1.29, 1.82) is 0 Å². The first-order valence-electron chi connectivity index (χ1n) is 6.97. The molecule has 1 N–H and O–H groups in total. The molecule has 0 spiro atoms. The van der Waals surface area contributed by atoms with Crippen LogP contribution in [-0.4, -0.2) is 20.4 Å². The second-order valence-electron chi connectivity index (χ2n) is 4.92. The number of imidazole rings is 1. The molecule has 112 valence electrons. The summed E-state index contributed by atoms with van der Waals surface area (Å²) in [7, 11) is 0. The second-order valence-corrected chi connectivity index (χ2v) is 5.90. The molecular weight excluding hydrogens is 296 g/mol. The Kier molecular flexibility index (Phi) is 4.29. The number of nitrogens with zero attached hydrogens (tertiary/aromatic N) is 3. The summed E-state index contributed by atoms with van der Waals surface area (Å²) in [5, 5.41) is 5.13. The Hall–Kier alpha value is -2.47. The highest BCUT2D eigenvalue weighted by molar-refractivity contribution is 7.10. The number of rotatable bonds is 5. The molecule has 0 radical (unpaired) electrons. The van der Waals surface area contributed by atoms with Crippen molar-refractivity contribution in [1.82, 2.24) is 19.9 Å². The van der Waals surface area contributed by atoms with Crippen LogP contribution in [0.25, 0.3) is 0 Å². The molecule has 0 aliphatic rings. The van der Waals surface area contributed by atoms with E-state index in [0.717, 1.165) is 10.4 Å². The van der Waals surface area contributed by atoms with Crippen molar-refractivity contribution in [3.63, 3.8) is 0 Å². The highest BCUT2D eigenvalue weighted by Crippen LogP contribution is 2.26. The third-order valence-electron chi connectivity index (χ3n) is 3.51. The predicted octanol–water partition coefficient (Wildman–Crippen LogP) is 2.81. The Morgan fingerprint density at radius 3 is 2.68 bits per heavy atom. The van der Waals surface area contributed by atoms with Crippen LogP contribution < -0.4 is 5.32 Å². The van der Waals surface area contributed by atoms with Gasteiger partial charge in [0.25, 0.3) is 0 Å². The van der Waals surface area contributed by atoms with Gasteiger partial charge >= 0.3 is 0 Å². The SMILES string of the molecule is CC(C(=O)NC(c1ccncc1)c1cccs1)n1ccnc1. The third-order valence-corrected chi connectivity index (χ3v) is 4.44. The Bertz CT molecular complexity index is 710. The maximum atomic E-state index is 12.5. The molecule has 2 atom stereocenters. The van der Waals surface area contributed by atoms with Gasteiger partial charge in [-0.2, -0.15) is 0 Å². The predicted molar refractivity (Wildman–Crippen MR) is 85.5 cm³/mol. The molecular formula is C16H16N4OS. The van der Waals surface area contributed by atoms with Gasteiger partial charge in [0.05, 0.1) is 12.4 Å². The Morgan fingerprint density at radius 2 is 2.05 bits per heavy atom. The minimum absolute atomic E-state index is 0.0480. The molecule has 3 heterocycles. The molecule has 2 unspecified atom stereocenters. The molecule has 3 aromatic heterocycles. The Morgan fingerprint density at radius 1 is 1.23 bits per heavy atom. The monoisotopic (exact) mass is 312 g/mol. The number of hydrogen-bond donors (Lipinski definition) is 1. The van der Waals surface area contributed by atoms with E-state index in [9.17, 15) is 4.79 Å². The van der Waals surface area contributed by atoms with Crippen LogP contribution in [-0.2, 0) is 4.79 Å². The van der Waals surface area contributed by atoms with E-state index in [1.54, 1.807) is 47.0 Å². The van der Waals surface area contributed by atoms with Gasteiger partial charge in [0.15, 0.2) is 0 Å². The molecule has 0 bridgehead atoms. The fourth-order valence-corrected chi connectivity index (χ4v) is 3.03. The van der Waals surface area contributed by atoms with E-state index >= 15 is 0 Å². The lowest BCUT2D eigenvalue weighted by Crippen LogP contribution is -2.34. The number of carbonyl (C=O) groups excluding carboxylic acids is 1. The van der Waals surface area contributed by atoms with E-state index in [1.165, 1.54) is 0 Å². The molecule has 0 aliphatic carbocycles. The van der Waals surface area contributed by atoms with Gasteiger partial charge in [-0.3, -0.25) is 9.78 Å². The van der Waals surface area contributed by atoms with Crippen molar-refractivity contribution in [2.24, 2.45) is 0 Å². The second kappa shape index (κ2) is 6.53. The topological polar surface area (TPSA) is 59.8 Å². The normalized spacial score (nSPS) is 13.5. The largest absolute Gasteiger partial charge is 0.343 e. The molecule has 6 heteroatoms. The number of pyridine rings is 1. The van der Waals surface area contributed by atoms with Gasteiger partial charge in [0.1, 0.15) is 6.04 Å². The van der Waals surface area contributed by atoms with E-state index in [2.05, 4.69) is 15.3 Å². The molecule has 1 amide bonds. The zero-order chi connectivity index (χ0) is 15.4. The molecule has 0 fully saturated rings. The summed E-state index contributed by atoms with van der Waals surface area (Å²) >= 11 is 1.62. The fraction of sp³-hybridized carbons (Fsp3) is 0.188. The van der Waals surface area contributed by atoms with Gasteiger partial charge in [0, 0.05) is 29.7 Å². The molecule has 5 nitrogen and oxygen atoms in total. The number of aromatic nitrogens is 3. The van der Waals surface area contributed by atoms with Gasteiger partial charge in [0.2, 0.25) is 5.91 Å². The highest BCUT2D eigenvalue weighted by atomic mass is 32.1. The van der Waals surface area contributed by atoms with Crippen LogP contribution in [0.2, 0.25) is 0 Å². The van der Waals surface area contributed by atoms with Crippen molar-refractivity contribution >= 4 is 17.2 Å². The first kappa shape index (κ1) is 14.5. The summed E-state index contributed by atoms with van der Waals surface area (Å²) in [5.41, 5.74) is 1.02. The van der Waals surface area contributed by atoms with E-state index in [1.807, 2.05) is 36.6 Å². The van der Waals surface area contributed by atoms with E-state index in [0.29, 0.717) is 0 Å². The van der Waals surface area contributed by atoms with Crippen molar-refractivity contribution in [3.8, 4) is 0 Å². The van der Waals surface area contributed by atoms with Crippen molar-refractivity contribution in [3.05, 3.63) is 71.2 Å². The van der Waals surface area contributed by atoms with Gasteiger partial charge < -0.3 is 9.88 Å². The molecule has 3 rings (SSSR count). The molecule has 0 aromatic carbocycles. The molecule has 0 aliphatic heterocycles. The average Bonchev–Trinajstić information content (AvgIpc) is 3.25.